The summed E-state index contributed by atoms with van der Waals surface area (Å²) in [6, 6.07) is 0. The van der Waals surface area contributed by atoms with Crippen molar-refractivity contribution in [1.29, 1.82) is 0 Å². The first-order valence-electron chi connectivity index (χ1n) is 9.16. The van der Waals surface area contributed by atoms with E-state index >= 15 is 0 Å². The van der Waals surface area contributed by atoms with E-state index in [2.05, 4.69) is 6.92 Å². The fraction of sp³-hybridized carbons (Fsp3) is 1.00. The topological polar surface area (TPSA) is 9.23 Å². The van der Waals surface area contributed by atoms with Crippen LogP contribution in [0.25, 0.3) is 0 Å². The van der Waals surface area contributed by atoms with E-state index in [4.69, 9.17) is 4.74 Å². The molecule has 2 fully saturated rings. The normalized spacial score (nSPS) is 33.8. The second-order valence-corrected chi connectivity index (χ2v) is 7.34. The number of ether oxygens (including phenoxy) is 1. The molecule has 2 saturated carbocycles. The Morgan fingerprint density at radius 1 is 0.864 bits per heavy atom. The van der Waals surface area contributed by atoms with Crippen LogP contribution in [-0.4, -0.2) is 18.9 Å². The maximum absolute atomic E-state index is 12.3. The van der Waals surface area contributed by atoms with Crippen molar-refractivity contribution >= 4 is 0 Å². The molecule has 0 spiro atoms. The van der Waals surface area contributed by atoms with Gasteiger partial charge in [-0.25, -0.2) is 0 Å². The fourth-order valence-electron chi connectivity index (χ4n) is 4.33. The predicted molar refractivity (Wildman–Crippen MR) is 82.7 cm³/mol. The number of hydrogen-bond donors (Lipinski definition) is 0. The van der Waals surface area contributed by atoms with Crippen LogP contribution in [0.1, 0.15) is 77.6 Å². The Kier molecular flexibility index (Phi) is 7.04. The van der Waals surface area contributed by atoms with E-state index in [-0.39, 0.29) is 0 Å². The maximum Gasteiger partial charge on any atom is 0.389 e. The minimum atomic E-state index is -3.98. The average molecular weight is 320 g/mol. The second kappa shape index (κ2) is 8.56. The molecule has 0 aromatic carbocycles. The number of rotatable bonds is 6. The summed E-state index contributed by atoms with van der Waals surface area (Å²) in [4.78, 5) is 0. The lowest BCUT2D eigenvalue weighted by Crippen LogP contribution is -2.29. The number of alkyl halides is 3. The van der Waals surface area contributed by atoms with Gasteiger partial charge in [0.1, 0.15) is 0 Å². The Morgan fingerprint density at radius 2 is 1.41 bits per heavy atom. The molecule has 0 aliphatic heterocycles. The number of halogens is 3. The molecule has 0 bridgehead atoms. The Morgan fingerprint density at radius 3 is 1.91 bits per heavy atom. The molecule has 2 rings (SSSR count). The van der Waals surface area contributed by atoms with Crippen LogP contribution in [-0.2, 0) is 4.74 Å². The molecule has 2 aliphatic carbocycles. The molecule has 0 aromatic heterocycles. The summed E-state index contributed by atoms with van der Waals surface area (Å²) in [5, 5.41) is 0. The smallest absolute Gasteiger partial charge is 0.378 e. The van der Waals surface area contributed by atoms with Gasteiger partial charge in [-0.3, -0.25) is 0 Å². The summed E-state index contributed by atoms with van der Waals surface area (Å²) < 4.78 is 42.7. The van der Waals surface area contributed by atoms with Gasteiger partial charge in [0.05, 0.1) is 6.10 Å². The third kappa shape index (κ3) is 6.10. The minimum absolute atomic E-state index is 0.308. The lowest BCUT2D eigenvalue weighted by Gasteiger charge is -2.38. The van der Waals surface area contributed by atoms with Crippen molar-refractivity contribution in [3.05, 3.63) is 0 Å². The van der Waals surface area contributed by atoms with E-state index in [1.807, 2.05) is 0 Å². The number of hydrogen-bond acceptors (Lipinski definition) is 1. The third-order valence-electron chi connectivity index (χ3n) is 5.67. The van der Waals surface area contributed by atoms with E-state index in [1.165, 1.54) is 25.7 Å². The highest BCUT2D eigenvalue weighted by Crippen LogP contribution is 2.42. The molecule has 0 amide bonds. The van der Waals surface area contributed by atoms with Gasteiger partial charge >= 0.3 is 6.18 Å². The van der Waals surface area contributed by atoms with Gasteiger partial charge in [0, 0.05) is 13.0 Å². The first-order valence-corrected chi connectivity index (χ1v) is 9.16. The van der Waals surface area contributed by atoms with Crippen molar-refractivity contribution in [2.24, 2.45) is 17.8 Å². The maximum atomic E-state index is 12.3. The molecule has 0 radical (unpaired) electrons. The van der Waals surface area contributed by atoms with E-state index in [0.29, 0.717) is 18.4 Å². The molecular formula is C18H31F3O. The molecule has 0 N–H and O–H groups in total. The average Bonchev–Trinajstić information content (AvgIpc) is 2.51. The molecule has 130 valence electrons. The lowest BCUT2D eigenvalue weighted by molar-refractivity contribution is -0.138. The van der Waals surface area contributed by atoms with Gasteiger partial charge in [-0.1, -0.05) is 19.8 Å². The van der Waals surface area contributed by atoms with Gasteiger partial charge in [-0.05, 0) is 69.1 Å². The van der Waals surface area contributed by atoms with Gasteiger partial charge in [0.15, 0.2) is 0 Å². The monoisotopic (exact) mass is 320 g/mol. The Balaban J connectivity index is 1.63. The molecule has 2 aliphatic rings. The summed E-state index contributed by atoms with van der Waals surface area (Å²) in [7, 11) is 0. The van der Waals surface area contributed by atoms with E-state index in [1.54, 1.807) is 0 Å². The quantitative estimate of drug-likeness (QED) is 0.573. The van der Waals surface area contributed by atoms with Gasteiger partial charge in [0.25, 0.3) is 0 Å². The van der Waals surface area contributed by atoms with Crippen LogP contribution in [0.3, 0.4) is 0 Å². The standard InChI is InChI=1S/C18H31F3O/c1-2-13-22-17-9-7-16(8-10-17)15-5-3-14(4-6-15)11-12-18(19,20)21/h14-17H,2-13H2,1H3. The van der Waals surface area contributed by atoms with E-state index in [0.717, 1.165) is 50.5 Å². The zero-order valence-corrected chi connectivity index (χ0v) is 13.8. The first-order chi connectivity index (χ1) is 10.5. The fourth-order valence-corrected chi connectivity index (χ4v) is 4.33. The summed E-state index contributed by atoms with van der Waals surface area (Å²) in [5.41, 5.74) is 0. The van der Waals surface area contributed by atoms with Crippen LogP contribution >= 0.6 is 0 Å². The molecule has 22 heavy (non-hydrogen) atoms. The van der Waals surface area contributed by atoms with E-state index < -0.39 is 12.6 Å². The van der Waals surface area contributed by atoms with Crippen LogP contribution in [0.5, 0.6) is 0 Å². The predicted octanol–water partition coefficient (Wildman–Crippen LogP) is 6.12. The van der Waals surface area contributed by atoms with Crippen molar-refractivity contribution < 1.29 is 17.9 Å². The van der Waals surface area contributed by atoms with Crippen molar-refractivity contribution in [2.75, 3.05) is 6.61 Å². The van der Waals surface area contributed by atoms with Crippen LogP contribution < -0.4 is 0 Å². The highest BCUT2D eigenvalue weighted by atomic mass is 19.4. The van der Waals surface area contributed by atoms with Crippen molar-refractivity contribution in [2.45, 2.75) is 89.8 Å². The van der Waals surface area contributed by atoms with Crippen LogP contribution in [0, 0.1) is 17.8 Å². The molecule has 0 heterocycles. The van der Waals surface area contributed by atoms with Gasteiger partial charge in [0.2, 0.25) is 0 Å². The molecule has 4 heteroatoms. The molecule has 0 saturated heterocycles. The zero-order valence-electron chi connectivity index (χ0n) is 13.8. The highest BCUT2D eigenvalue weighted by molar-refractivity contribution is 4.82. The zero-order chi connectivity index (χ0) is 16.0. The van der Waals surface area contributed by atoms with E-state index in [9.17, 15) is 13.2 Å². The largest absolute Gasteiger partial charge is 0.389 e. The molecule has 0 aromatic rings. The van der Waals surface area contributed by atoms with Crippen molar-refractivity contribution in [1.82, 2.24) is 0 Å². The second-order valence-electron chi connectivity index (χ2n) is 7.34. The van der Waals surface area contributed by atoms with Crippen LogP contribution in [0.4, 0.5) is 13.2 Å². The van der Waals surface area contributed by atoms with Crippen molar-refractivity contribution in [3.8, 4) is 0 Å². The first kappa shape index (κ1) is 18.1. The SMILES string of the molecule is CCCOC1CCC(C2CCC(CCC(F)(F)F)CC2)CC1. The van der Waals surface area contributed by atoms with Crippen LogP contribution in [0.15, 0.2) is 0 Å². The minimum Gasteiger partial charge on any atom is -0.378 e. The summed E-state index contributed by atoms with van der Waals surface area (Å²) in [6.07, 6.45) is 6.49. The molecule has 0 atom stereocenters. The van der Waals surface area contributed by atoms with Gasteiger partial charge in [-0.2, -0.15) is 13.2 Å². The highest BCUT2D eigenvalue weighted by Gasteiger charge is 2.33. The molecule has 1 nitrogen and oxygen atoms in total. The lowest BCUT2D eigenvalue weighted by atomic mass is 9.70. The summed E-state index contributed by atoms with van der Waals surface area (Å²) in [6.45, 7) is 3.02. The van der Waals surface area contributed by atoms with Crippen LogP contribution in [0.2, 0.25) is 0 Å². The van der Waals surface area contributed by atoms with Gasteiger partial charge in [-0.15, -0.1) is 0 Å². The van der Waals surface area contributed by atoms with Gasteiger partial charge < -0.3 is 4.74 Å². The molecule has 0 unspecified atom stereocenters. The molecular weight excluding hydrogens is 289 g/mol. The summed E-state index contributed by atoms with van der Waals surface area (Å²) in [5.74, 6) is 1.86. The third-order valence-corrected chi connectivity index (χ3v) is 5.67. The Labute approximate surface area is 133 Å². The Hall–Kier alpha value is -0.250. The summed E-state index contributed by atoms with van der Waals surface area (Å²) >= 11 is 0. The Bertz CT molecular complexity index is 300. The van der Waals surface area contributed by atoms with Crippen molar-refractivity contribution in [3.63, 3.8) is 0 Å².